The van der Waals surface area contributed by atoms with E-state index in [-0.39, 0.29) is 11.8 Å². The van der Waals surface area contributed by atoms with Crippen molar-refractivity contribution in [2.24, 2.45) is 11.8 Å². The first-order valence-corrected chi connectivity index (χ1v) is 4.17. The molecule has 0 saturated heterocycles. The molecule has 12 heavy (non-hydrogen) atoms. The summed E-state index contributed by atoms with van der Waals surface area (Å²) in [5.74, 6) is -1.66. The number of aliphatic carboxylic acids is 1. The molecule has 0 aromatic carbocycles. The lowest BCUT2D eigenvalue weighted by atomic mass is 10.3. The highest BCUT2D eigenvalue weighted by atomic mass is 16.4. The zero-order chi connectivity index (χ0) is 9.14. The molecule has 1 fully saturated rings. The quantitative estimate of drug-likeness (QED) is 0.636. The predicted molar refractivity (Wildman–Crippen MR) is 42.5 cm³/mol. The van der Waals surface area contributed by atoms with Crippen LogP contribution in [0.15, 0.2) is 0 Å². The van der Waals surface area contributed by atoms with Gasteiger partial charge in [-0.3, -0.25) is 9.59 Å². The summed E-state index contributed by atoms with van der Waals surface area (Å²) in [6, 6.07) is 0. The Morgan fingerprint density at radius 3 is 2.58 bits per heavy atom. The molecule has 0 aliphatic heterocycles. The zero-order valence-corrected chi connectivity index (χ0v) is 7.04. The maximum absolute atomic E-state index is 11.1. The summed E-state index contributed by atoms with van der Waals surface area (Å²) in [4.78, 5) is 21.5. The van der Waals surface area contributed by atoms with Crippen LogP contribution in [0.4, 0.5) is 0 Å². The van der Waals surface area contributed by atoms with Gasteiger partial charge in [0, 0.05) is 6.54 Å². The number of hydrogen-bond acceptors (Lipinski definition) is 2. The molecule has 0 spiro atoms. The molecule has 1 amide bonds. The van der Waals surface area contributed by atoms with Crippen molar-refractivity contribution in [2.75, 3.05) is 6.54 Å². The van der Waals surface area contributed by atoms with Gasteiger partial charge < -0.3 is 10.4 Å². The van der Waals surface area contributed by atoms with Crippen LogP contribution in [0.5, 0.6) is 0 Å². The first kappa shape index (κ1) is 9.03. The van der Waals surface area contributed by atoms with Crippen molar-refractivity contribution in [2.45, 2.75) is 19.8 Å². The fourth-order valence-corrected chi connectivity index (χ4v) is 1.14. The number of carboxylic acid groups (broad SMARTS) is 1. The molecule has 1 saturated carbocycles. The van der Waals surface area contributed by atoms with E-state index < -0.39 is 11.9 Å². The van der Waals surface area contributed by atoms with E-state index in [0.29, 0.717) is 13.0 Å². The molecule has 0 aromatic heterocycles. The van der Waals surface area contributed by atoms with Crippen LogP contribution >= 0.6 is 0 Å². The van der Waals surface area contributed by atoms with Crippen molar-refractivity contribution >= 4 is 11.9 Å². The summed E-state index contributed by atoms with van der Waals surface area (Å²) < 4.78 is 0. The molecule has 1 aliphatic carbocycles. The van der Waals surface area contributed by atoms with E-state index in [1.165, 1.54) is 0 Å². The molecular formula is C8H13NO3. The highest BCUT2D eigenvalue weighted by Crippen LogP contribution is 2.38. The third kappa shape index (κ3) is 1.96. The first-order chi connectivity index (χ1) is 5.66. The Hall–Kier alpha value is -1.06. The standard InChI is InChI=1S/C8H13NO3/c1-2-3-9-7(10)5-4-6(5)8(11)12/h5-6H,2-4H2,1H3,(H,9,10)(H,11,12). The highest BCUT2D eigenvalue weighted by molar-refractivity contribution is 5.89. The van der Waals surface area contributed by atoms with E-state index in [1.807, 2.05) is 6.92 Å². The van der Waals surface area contributed by atoms with Crippen molar-refractivity contribution < 1.29 is 14.7 Å². The maximum Gasteiger partial charge on any atom is 0.307 e. The molecule has 4 nitrogen and oxygen atoms in total. The van der Waals surface area contributed by atoms with Gasteiger partial charge in [0.05, 0.1) is 11.8 Å². The second-order valence-corrected chi connectivity index (χ2v) is 3.08. The van der Waals surface area contributed by atoms with Gasteiger partial charge in [-0.05, 0) is 12.8 Å². The van der Waals surface area contributed by atoms with Crippen molar-refractivity contribution in [1.29, 1.82) is 0 Å². The van der Waals surface area contributed by atoms with E-state index in [0.717, 1.165) is 6.42 Å². The molecule has 0 bridgehead atoms. The molecule has 68 valence electrons. The lowest BCUT2D eigenvalue weighted by Crippen LogP contribution is -2.26. The minimum Gasteiger partial charge on any atom is -0.481 e. The summed E-state index contributed by atoms with van der Waals surface area (Å²) in [6.45, 7) is 2.60. The van der Waals surface area contributed by atoms with Crippen LogP contribution < -0.4 is 5.32 Å². The minimum atomic E-state index is -0.855. The average Bonchev–Trinajstić information content (AvgIpc) is 2.78. The van der Waals surface area contributed by atoms with E-state index >= 15 is 0 Å². The zero-order valence-electron chi connectivity index (χ0n) is 7.04. The van der Waals surface area contributed by atoms with Crippen LogP contribution in [-0.4, -0.2) is 23.5 Å². The number of carboxylic acids is 1. The molecule has 2 unspecified atom stereocenters. The van der Waals surface area contributed by atoms with Gasteiger partial charge >= 0.3 is 5.97 Å². The van der Waals surface area contributed by atoms with Gasteiger partial charge in [-0.15, -0.1) is 0 Å². The molecule has 2 atom stereocenters. The van der Waals surface area contributed by atoms with Gasteiger partial charge in [0.15, 0.2) is 0 Å². The van der Waals surface area contributed by atoms with Crippen LogP contribution in [-0.2, 0) is 9.59 Å². The largest absolute Gasteiger partial charge is 0.481 e. The second-order valence-electron chi connectivity index (χ2n) is 3.08. The topological polar surface area (TPSA) is 66.4 Å². The number of hydrogen-bond donors (Lipinski definition) is 2. The molecule has 0 heterocycles. The van der Waals surface area contributed by atoms with Crippen LogP contribution in [0, 0.1) is 11.8 Å². The Bertz CT molecular complexity index is 202. The Labute approximate surface area is 71.0 Å². The van der Waals surface area contributed by atoms with Gasteiger partial charge in [-0.1, -0.05) is 6.92 Å². The van der Waals surface area contributed by atoms with Crippen molar-refractivity contribution in [3.05, 3.63) is 0 Å². The van der Waals surface area contributed by atoms with Crippen LogP contribution in [0.1, 0.15) is 19.8 Å². The molecule has 1 rings (SSSR count). The fraction of sp³-hybridized carbons (Fsp3) is 0.750. The number of carbonyl (C=O) groups excluding carboxylic acids is 1. The number of nitrogens with one attached hydrogen (secondary N) is 1. The van der Waals surface area contributed by atoms with Crippen molar-refractivity contribution in [3.8, 4) is 0 Å². The highest BCUT2D eigenvalue weighted by Gasteiger charge is 2.48. The van der Waals surface area contributed by atoms with E-state index in [1.54, 1.807) is 0 Å². The Morgan fingerprint density at radius 1 is 1.50 bits per heavy atom. The molecule has 2 N–H and O–H groups in total. The second kappa shape index (κ2) is 3.56. The van der Waals surface area contributed by atoms with Crippen molar-refractivity contribution in [1.82, 2.24) is 5.32 Å². The van der Waals surface area contributed by atoms with Crippen LogP contribution in [0.3, 0.4) is 0 Å². The monoisotopic (exact) mass is 171 g/mol. The Balaban J connectivity index is 2.24. The van der Waals surface area contributed by atoms with Gasteiger partial charge in [-0.25, -0.2) is 0 Å². The first-order valence-electron chi connectivity index (χ1n) is 4.17. The van der Waals surface area contributed by atoms with Gasteiger partial charge in [0.2, 0.25) is 5.91 Å². The normalized spacial score (nSPS) is 26.4. The third-order valence-electron chi connectivity index (χ3n) is 1.99. The van der Waals surface area contributed by atoms with E-state index in [4.69, 9.17) is 5.11 Å². The molecule has 1 aliphatic rings. The van der Waals surface area contributed by atoms with Gasteiger partial charge in [0.25, 0.3) is 0 Å². The molecule has 0 radical (unpaired) electrons. The van der Waals surface area contributed by atoms with Crippen LogP contribution in [0.2, 0.25) is 0 Å². The smallest absolute Gasteiger partial charge is 0.307 e. The molecule has 4 heteroatoms. The fourth-order valence-electron chi connectivity index (χ4n) is 1.14. The predicted octanol–water partition coefficient (Wildman–Crippen LogP) is 0.233. The van der Waals surface area contributed by atoms with E-state index in [2.05, 4.69) is 5.32 Å². The SMILES string of the molecule is CCCNC(=O)C1CC1C(=O)O. The number of amides is 1. The summed E-state index contributed by atoms with van der Waals surface area (Å²) in [7, 11) is 0. The maximum atomic E-state index is 11.1. The number of carbonyl (C=O) groups is 2. The number of rotatable bonds is 4. The summed E-state index contributed by atoms with van der Waals surface area (Å²) in [6.07, 6.45) is 1.39. The Morgan fingerprint density at radius 2 is 2.17 bits per heavy atom. The summed E-state index contributed by atoms with van der Waals surface area (Å²) in [5, 5.41) is 11.2. The summed E-state index contributed by atoms with van der Waals surface area (Å²) in [5.41, 5.74) is 0. The van der Waals surface area contributed by atoms with E-state index in [9.17, 15) is 9.59 Å². The van der Waals surface area contributed by atoms with Crippen molar-refractivity contribution in [3.63, 3.8) is 0 Å². The summed E-state index contributed by atoms with van der Waals surface area (Å²) >= 11 is 0. The third-order valence-corrected chi connectivity index (χ3v) is 1.99. The lowest BCUT2D eigenvalue weighted by Gasteiger charge is -2.00. The van der Waals surface area contributed by atoms with Gasteiger partial charge in [-0.2, -0.15) is 0 Å². The molecular weight excluding hydrogens is 158 g/mol. The minimum absolute atomic E-state index is 0.107. The molecule has 0 aromatic rings. The Kier molecular flexibility index (Phi) is 2.68. The van der Waals surface area contributed by atoms with Crippen LogP contribution in [0.25, 0.3) is 0 Å². The lowest BCUT2D eigenvalue weighted by molar-refractivity contribution is -0.140. The average molecular weight is 171 g/mol. The van der Waals surface area contributed by atoms with Gasteiger partial charge in [0.1, 0.15) is 0 Å².